The average molecular weight is 371 g/mol. The molecule has 6 nitrogen and oxygen atoms in total. The summed E-state index contributed by atoms with van der Waals surface area (Å²) in [6.07, 6.45) is 3.21. The number of aromatic amines is 1. The molecule has 0 bridgehead atoms. The standard InChI is InChI=1S/C21H29N3O3/c1-4-5-11-17-13-23(14-19(27-17)15(2)3)21(26)18-12-20(25)24(22-18)16-9-7-6-8-10-16/h6-10,12,15,17,19,22H,4-5,11,13-14H2,1-3H3/t17-,19-/m1/s1. The minimum atomic E-state index is -0.235. The first-order valence-electron chi connectivity index (χ1n) is 9.81. The number of morpholine rings is 1. The van der Waals surface area contributed by atoms with Gasteiger partial charge in [-0.05, 0) is 24.5 Å². The van der Waals surface area contributed by atoms with E-state index in [9.17, 15) is 9.59 Å². The van der Waals surface area contributed by atoms with E-state index in [2.05, 4.69) is 25.9 Å². The fraction of sp³-hybridized carbons (Fsp3) is 0.524. The Balaban J connectivity index is 1.80. The molecule has 0 saturated carbocycles. The van der Waals surface area contributed by atoms with E-state index in [4.69, 9.17) is 4.74 Å². The van der Waals surface area contributed by atoms with Crippen LogP contribution in [0, 0.1) is 5.92 Å². The number of rotatable bonds is 6. The summed E-state index contributed by atoms with van der Waals surface area (Å²) in [5.74, 6) is 0.190. The number of aromatic nitrogens is 2. The van der Waals surface area contributed by atoms with E-state index in [1.165, 1.54) is 10.7 Å². The third kappa shape index (κ3) is 4.50. The van der Waals surface area contributed by atoms with Crippen LogP contribution in [-0.4, -0.2) is 45.9 Å². The minimum absolute atomic E-state index is 0.0208. The number of benzene rings is 1. The zero-order chi connectivity index (χ0) is 19.4. The Morgan fingerprint density at radius 1 is 1.26 bits per heavy atom. The smallest absolute Gasteiger partial charge is 0.272 e. The summed E-state index contributed by atoms with van der Waals surface area (Å²) in [6, 6.07) is 10.7. The number of carbonyl (C=O) groups excluding carboxylic acids is 1. The Labute approximate surface area is 160 Å². The Morgan fingerprint density at radius 2 is 2.00 bits per heavy atom. The number of unbranched alkanes of at least 4 members (excludes halogenated alkanes) is 1. The number of amides is 1. The Morgan fingerprint density at radius 3 is 2.67 bits per heavy atom. The highest BCUT2D eigenvalue weighted by molar-refractivity contribution is 5.92. The van der Waals surface area contributed by atoms with Crippen molar-refractivity contribution in [3.8, 4) is 5.69 Å². The second-order valence-corrected chi connectivity index (χ2v) is 7.57. The van der Waals surface area contributed by atoms with Crippen molar-refractivity contribution in [2.45, 2.75) is 52.2 Å². The fourth-order valence-corrected chi connectivity index (χ4v) is 3.44. The summed E-state index contributed by atoms with van der Waals surface area (Å²) < 4.78 is 7.60. The second kappa shape index (κ2) is 8.57. The van der Waals surface area contributed by atoms with Crippen LogP contribution in [0.25, 0.3) is 5.69 Å². The van der Waals surface area contributed by atoms with Crippen LogP contribution >= 0.6 is 0 Å². The number of carbonyl (C=O) groups is 1. The molecule has 3 rings (SSSR count). The van der Waals surface area contributed by atoms with Crippen molar-refractivity contribution < 1.29 is 9.53 Å². The molecule has 1 N–H and O–H groups in total. The fourth-order valence-electron chi connectivity index (χ4n) is 3.44. The molecular formula is C21H29N3O3. The molecule has 0 spiro atoms. The van der Waals surface area contributed by atoms with Gasteiger partial charge in [-0.25, -0.2) is 4.68 Å². The minimum Gasteiger partial charge on any atom is -0.371 e. The number of hydrogen-bond acceptors (Lipinski definition) is 3. The van der Waals surface area contributed by atoms with E-state index in [0.29, 0.717) is 30.4 Å². The molecular weight excluding hydrogens is 342 g/mol. The largest absolute Gasteiger partial charge is 0.371 e. The lowest BCUT2D eigenvalue weighted by molar-refractivity contribution is -0.0963. The van der Waals surface area contributed by atoms with E-state index in [0.717, 1.165) is 19.3 Å². The van der Waals surface area contributed by atoms with Crippen LogP contribution in [-0.2, 0) is 4.74 Å². The van der Waals surface area contributed by atoms with Crippen molar-refractivity contribution in [3.05, 3.63) is 52.4 Å². The van der Waals surface area contributed by atoms with Gasteiger partial charge in [-0.3, -0.25) is 14.7 Å². The summed E-state index contributed by atoms with van der Waals surface area (Å²) in [6.45, 7) is 7.51. The van der Waals surface area contributed by atoms with Gasteiger partial charge in [0.05, 0.1) is 17.9 Å². The first-order valence-corrected chi connectivity index (χ1v) is 9.81. The molecule has 27 heavy (non-hydrogen) atoms. The highest BCUT2D eigenvalue weighted by Crippen LogP contribution is 2.22. The molecule has 1 aromatic heterocycles. The van der Waals surface area contributed by atoms with Crippen LogP contribution in [0.4, 0.5) is 0 Å². The van der Waals surface area contributed by atoms with Crippen molar-refractivity contribution in [1.29, 1.82) is 0 Å². The maximum atomic E-state index is 13.1. The third-order valence-corrected chi connectivity index (χ3v) is 5.07. The van der Waals surface area contributed by atoms with Gasteiger partial charge < -0.3 is 9.64 Å². The molecule has 0 unspecified atom stereocenters. The predicted molar refractivity (Wildman–Crippen MR) is 105 cm³/mol. The van der Waals surface area contributed by atoms with E-state index < -0.39 is 0 Å². The number of nitrogens with one attached hydrogen (secondary N) is 1. The van der Waals surface area contributed by atoms with Crippen LogP contribution < -0.4 is 5.56 Å². The molecule has 2 aromatic rings. The molecule has 1 aliphatic heterocycles. The monoisotopic (exact) mass is 371 g/mol. The van der Waals surface area contributed by atoms with Crippen LogP contribution in [0.1, 0.15) is 50.5 Å². The number of ether oxygens (including phenoxy) is 1. The van der Waals surface area contributed by atoms with Crippen molar-refractivity contribution in [1.82, 2.24) is 14.7 Å². The number of hydrogen-bond donors (Lipinski definition) is 1. The Kier molecular flexibility index (Phi) is 6.16. The zero-order valence-electron chi connectivity index (χ0n) is 16.4. The molecule has 1 aromatic carbocycles. The maximum absolute atomic E-state index is 13.1. The summed E-state index contributed by atoms with van der Waals surface area (Å²) in [4.78, 5) is 27.2. The van der Waals surface area contributed by atoms with E-state index in [1.54, 1.807) is 0 Å². The molecule has 0 radical (unpaired) electrons. The lowest BCUT2D eigenvalue weighted by atomic mass is 10.0. The molecule has 146 valence electrons. The molecule has 0 aliphatic carbocycles. The zero-order valence-corrected chi connectivity index (χ0v) is 16.4. The van der Waals surface area contributed by atoms with Gasteiger partial charge in [0.1, 0.15) is 5.69 Å². The Bertz CT molecular complexity index is 810. The summed E-state index contributed by atoms with van der Waals surface area (Å²) in [5.41, 5.74) is 0.799. The number of H-pyrrole nitrogens is 1. The van der Waals surface area contributed by atoms with E-state index in [1.807, 2.05) is 35.2 Å². The molecule has 2 atom stereocenters. The summed E-state index contributed by atoms with van der Waals surface area (Å²) >= 11 is 0. The van der Waals surface area contributed by atoms with Crippen molar-refractivity contribution in [2.24, 2.45) is 5.92 Å². The van der Waals surface area contributed by atoms with Crippen molar-refractivity contribution >= 4 is 5.91 Å². The highest BCUT2D eigenvalue weighted by Gasteiger charge is 2.33. The normalized spacial score (nSPS) is 20.2. The van der Waals surface area contributed by atoms with Gasteiger partial charge in [-0.2, -0.15) is 0 Å². The average Bonchev–Trinajstić information content (AvgIpc) is 3.07. The third-order valence-electron chi connectivity index (χ3n) is 5.07. The maximum Gasteiger partial charge on any atom is 0.272 e. The van der Waals surface area contributed by atoms with Crippen LogP contribution in [0.2, 0.25) is 0 Å². The van der Waals surface area contributed by atoms with Gasteiger partial charge in [0.25, 0.3) is 11.5 Å². The lowest BCUT2D eigenvalue weighted by Gasteiger charge is -2.39. The van der Waals surface area contributed by atoms with E-state index in [-0.39, 0.29) is 23.7 Å². The first kappa shape index (κ1) is 19.4. The molecule has 1 amide bonds. The highest BCUT2D eigenvalue weighted by atomic mass is 16.5. The topological polar surface area (TPSA) is 67.3 Å². The molecule has 1 fully saturated rings. The van der Waals surface area contributed by atoms with Crippen molar-refractivity contribution in [2.75, 3.05) is 13.1 Å². The molecule has 6 heteroatoms. The molecule has 1 saturated heterocycles. The van der Waals surface area contributed by atoms with Gasteiger partial charge in [0.2, 0.25) is 0 Å². The van der Waals surface area contributed by atoms with Gasteiger partial charge in [-0.1, -0.05) is 51.8 Å². The summed E-state index contributed by atoms with van der Waals surface area (Å²) in [5, 5.41) is 2.97. The van der Waals surface area contributed by atoms with Crippen LogP contribution in [0.15, 0.2) is 41.2 Å². The van der Waals surface area contributed by atoms with Crippen molar-refractivity contribution in [3.63, 3.8) is 0 Å². The second-order valence-electron chi connectivity index (χ2n) is 7.57. The van der Waals surface area contributed by atoms with Gasteiger partial charge in [0.15, 0.2) is 0 Å². The van der Waals surface area contributed by atoms with Gasteiger partial charge in [-0.15, -0.1) is 0 Å². The number of nitrogens with zero attached hydrogens (tertiary/aromatic N) is 2. The number of para-hydroxylation sites is 1. The predicted octanol–water partition coefficient (Wildman–Crippen LogP) is 3.22. The van der Waals surface area contributed by atoms with Gasteiger partial charge >= 0.3 is 0 Å². The first-order chi connectivity index (χ1) is 13.0. The SMILES string of the molecule is CCCC[C@@H]1CN(C(=O)c2cc(=O)n(-c3ccccc3)[nH]2)C[C@H](C(C)C)O1. The van der Waals surface area contributed by atoms with E-state index >= 15 is 0 Å². The quantitative estimate of drug-likeness (QED) is 0.848. The Hall–Kier alpha value is -2.34. The molecule has 2 heterocycles. The lowest BCUT2D eigenvalue weighted by Crippen LogP contribution is -2.51. The molecule has 1 aliphatic rings. The van der Waals surface area contributed by atoms with Gasteiger partial charge in [0, 0.05) is 19.2 Å². The van der Waals surface area contributed by atoms with Crippen LogP contribution in [0.3, 0.4) is 0 Å². The summed E-state index contributed by atoms with van der Waals surface area (Å²) in [7, 11) is 0. The van der Waals surface area contributed by atoms with Crippen LogP contribution in [0.5, 0.6) is 0 Å².